The molecule has 0 aliphatic carbocycles. The third-order valence-corrected chi connectivity index (χ3v) is 2.91. The number of ether oxygens (including phenoxy) is 2. The number of nitrogens with one attached hydrogen (secondary N) is 1. The van der Waals surface area contributed by atoms with Crippen LogP contribution in [0.25, 0.3) is 0 Å². The monoisotopic (exact) mass is 295 g/mol. The number of amides is 1. The molecule has 0 aliphatic rings. The number of carboxylic acids is 1. The molecule has 0 aliphatic heterocycles. The molecule has 21 heavy (non-hydrogen) atoms. The zero-order valence-corrected chi connectivity index (χ0v) is 12.3. The molecular formula is C15H21NO5. The minimum absolute atomic E-state index is 0.254. The van der Waals surface area contributed by atoms with Crippen LogP contribution >= 0.6 is 0 Å². The van der Waals surface area contributed by atoms with Gasteiger partial charge in [-0.05, 0) is 18.6 Å². The van der Waals surface area contributed by atoms with Crippen molar-refractivity contribution in [1.29, 1.82) is 0 Å². The van der Waals surface area contributed by atoms with Crippen LogP contribution in [0.5, 0.6) is 11.5 Å². The van der Waals surface area contributed by atoms with Gasteiger partial charge in [-0.15, -0.1) is 0 Å². The smallest absolute Gasteiger partial charge is 0.326 e. The van der Waals surface area contributed by atoms with Gasteiger partial charge in [0.1, 0.15) is 6.04 Å². The van der Waals surface area contributed by atoms with E-state index in [1.54, 1.807) is 24.3 Å². The van der Waals surface area contributed by atoms with Crippen LogP contribution in [0.1, 0.15) is 26.2 Å². The fourth-order valence-corrected chi connectivity index (χ4v) is 1.78. The van der Waals surface area contributed by atoms with Crippen molar-refractivity contribution in [3.63, 3.8) is 0 Å². The van der Waals surface area contributed by atoms with Crippen LogP contribution in [-0.4, -0.2) is 36.7 Å². The minimum atomic E-state index is -1.03. The standard InChI is InChI=1S/C15H21NO5/c1-3-4-7-11(15(18)19)16-14(17)10-21-13-9-6-5-8-12(13)20-2/h5-6,8-9,11H,3-4,7,10H2,1-2H3,(H,16,17)(H,18,19)/t11-/m0/s1. The Labute approximate surface area is 124 Å². The third-order valence-electron chi connectivity index (χ3n) is 2.91. The first-order chi connectivity index (χ1) is 10.1. The largest absolute Gasteiger partial charge is 0.493 e. The molecule has 1 aromatic carbocycles. The van der Waals surface area contributed by atoms with Crippen molar-refractivity contribution in [2.75, 3.05) is 13.7 Å². The Bertz CT molecular complexity index is 475. The summed E-state index contributed by atoms with van der Waals surface area (Å²) in [4.78, 5) is 22.8. The maximum Gasteiger partial charge on any atom is 0.326 e. The molecule has 0 unspecified atom stereocenters. The van der Waals surface area contributed by atoms with Gasteiger partial charge in [0.25, 0.3) is 5.91 Å². The molecule has 0 aromatic heterocycles. The van der Waals surface area contributed by atoms with Gasteiger partial charge in [0.15, 0.2) is 18.1 Å². The van der Waals surface area contributed by atoms with Crippen LogP contribution in [0.2, 0.25) is 0 Å². The van der Waals surface area contributed by atoms with E-state index in [9.17, 15) is 9.59 Å². The summed E-state index contributed by atoms with van der Waals surface area (Å²) in [6.07, 6.45) is 2.02. The highest BCUT2D eigenvalue weighted by atomic mass is 16.5. The number of benzene rings is 1. The Morgan fingerprint density at radius 1 is 1.29 bits per heavy atom. The molecule has 0 radical (unpaired) electrons. The Balaban J connectivity index is 2.50. The number of carboxylic acid groups (broad SMARTS) is 1. The number of para-hydroxylation sites is 2. The Kier molecular flexibility index (Phi) is 7.08. The SMILES string of the molecule is CCCC[C@H](NC(=O)COc1ccccc1OC)C(=O)O. The van der Waals surface area contributed by atoms with E-state index in [-0.39, 0.29) is 6.61 Å². The molecule has 0 bridgehead atoms. The average molecular weight is 295 g/mol. The summed E-state index contributed by atoms with van der Waals surface area (Å²) < 4.78 is 10.4. The second kappa shape index (κ2) is 8.84. The highest BCUT2D eigenvalue weighted by Gasteiger charge is 2.19. The van der Waals surface area contributed by atoms with E-state index in [1.807, 2.05) is 6.92 Å². The summed E-state index contributed by atoms with van der Waals surface area (Å²) in [5, 5.41) is 11.5. The first-order valence-corrected chi connectivity index (χ1v) is 6.86. The van der Waals surface area contributed by atoms with Crippen molar-refractivity contribution < 1.29 is 24.2 Å². The lowest BCUT2D eigenvalue weighted by Crippen LogP contribution is -2.42. The fraction of sp³-hybridized carbons (Fsp3) is 0.467. The van der Waals surface area contributed by atoms with Gasteiger partial charge in [-0.25, -0.2) is 4.79 Å². The number of hydrogen-bond donors (Lipinski definition) is 2. The van der Waals surface area contributed by atoms with Crippen molar-refractivity contribution in [2.45, 2.75) is 32.2 Å². The van der Waals surface area contributed by atoms with Crippen LogP contribution in [0, 0.1) is 0 Å². The third kappa shape index (κ3) is 5.72. The molecule has 1 atom stereocenters. The molecule has 0 heterocycles. The number of rotatable bonds is 9. The van der Waals surface area contributed by atoms with E-state index in [0.29, 0.717) is 17.9 Å². The zero-order valence-electron chi connectivity index (χ0n) is 12.3. The van der Waals surface area contributed by atoms with Gasteiger partial charge in [-0.2, -0.15) is 0 Å². The number of aliphatic carboxylic acids is 1. The number of carbonyl (C=O) groups excluding carboxylic acids is 1. The van der Waals surface area contributed by atoms with Crippen LogP contribution in [0.4, 0.5) is 0 Å². The Morgan fingerprint density at radius 3 is 2.52 bits per heavy atom. The van der Waals surface area contributed by atoms with E-state index in [1.165, 1.54) is 7.11 Å². The summed E-state index contributed by atoms with van der Waals surface area (Å²) >= 11 is 0. The van der Waals surface area contributed by atoms with Gasteiger partial charge in [-0.3, -0.25) is 4.79 Å². The minimum Gasteiger partial charge on any atom is -0.493 e. The quantitative estimate of drug-likeness (QED) is 0.726. The van der Waals surface area contributed by atoms with Gasteiger partial charge in [0.05, 0.1) is 7.11 Å². The van der Waals surface area contributed by atoms with Gasteiger partial charge in [0.2, 0.25) is 0 Å². The highest BCUT2D eigenvalue weighted by Crippen LogP contribution is 2.25. The predicted molar refractivity (Wildman–Crippen MR) is 77.6 cm³/mol. The van der Waals surface area contributed by atoms with E-state index in [0.717, 1.165) is 12.8 Å². The maximum atomic E-state index is 11.8. The van der Waals surface area contributed by atoms with Crippen LogP contribution in [0.15, 0.2) is 24.3 Å². The zero-order chi connectivity index (χ0) is 15.7. The van der Waals surface area contributed by atoms with Crippen molar-refractivity contribution in [2.24, 2.45) is 0 Å². The molecule has 0 saturated carbocycles. The maximum absolute atomic E-state index is 11.8. The van der Waals surface area contributed by atoms with Crippen LogP contribution in [-0.2, 0) is 9.59 Å². The van der Waals surface area contributed by atoms with Crippen molar-refractivity contribution in [3.05, 3.63) is 24.3 Å². The first kappa shape index (κ1) is 16.8. The number of carbonyl (C=O) groups is 2. The molecule has 6 nitrogen and oxygen atoms in total. The predicted octanol–water partition coefficient (Wildman–Crippen LogP) is 1.83. The molecule has 1 amide bonds. The molecule has 0 saturated heterocycles. The van der Waals surface area contributed by atoms with Crippen molar-refractivity contribution in [3.8, 4) is 11.5 Å². The number of hydrogen-bond acceptors (Lipinski definition) is 4. The molecule has 1 aromatic rings. The van der Waals surface area contributed by atoms with Crippen LogP contribution in [0.3, 0.4) is 0 Å². The molecule has 6 heteroatoms. The van der Waals surface area contributed by atoms with E-state index < -0.39 is 17.9 Å². The van der Waals surface area contributed by atoms with E-state index in [2.05, 4.69) is 5.32 Å². The molecular weight excluding hydrogens is 274 g/mol. The Hall–Kier alpha value is -2.24. The summed E-state index contributed by atoms with van der Waals surface area (Å²) in [6, 6.07) is 6.07. The highest BCUT2D eigenvalue weighted by molar-refractivity contribution is 5.84. The molecule has 1 rings (SSSR count). The molecule has 2 N–H and O–H groups in total. The topological polar surface area (TPSA) is 84.9 Å². The molecule has 0 spiro atoms. The van der Waals surface area contributed by atoms with Crippen molar-refractivity contribution in [1.82, 2.24) is 5.32 Å². The van der Waals surface area contributed by atoms with Gasteiger partial charge >= 0.3 is 5.97 Å². The van der Waals surface area contributed by atoms with Crippen molar-refractivity contribution >= 4 is 11.9 Å². The van der Waals surface area contributed by atoms with Gasteiger partial charge in [0, 0.05) is 0 Å². The normalized spacial score (nSPS) is 11.5. The molecule has 116 valence electrons. The van der Waals surface area contributed by atoms with E-state index in [4.69, 9.17) is 14.6 Å². The molecule has 0 fully saturated rings. The van der Waals surface area contributed by atoms with Gasteiger partial charge in [-0.1, -0.05) is 31.9 Å². The van der Waals surface area contributed by atoms with E-state index >= 15 is 0 Å². The lowest BCUT2D eigenvalue weighted by atomic mass is 10.1. The van der Waals surface area contributed by atoms with Gasteiger partial charge < -0.3 is 19.9 Å². The summed E-state index contributed by atoms with van der Waals surface area (Å²) in [5.41, 5.74) is 0. The summed E-state index contributed by atoms with van der Waals surface area (Å²) in [6.45, 7) is 1.71. The second-order valence-corrected chi connectivity index (χ2v) is 4.54. The lowest BCUT2D eigenvalue weighted by molar-refractivity contribution is -0.142. The number of unbranched alkanes of at least 4 members (excludes halogenated alkanes) is 1. The summed E-state index contributed by atoms with van der Waals surface area (Å²) in [7, 11) is 1.51. The Morgan fingerprint density at radius 2 is 1.95 bits per heavy atom. The number of methoxy groups -OCH3 is 1. The summed E-state index contributed by atoms with van der Waals surface area (Å²) in [5.74, 6) is -0.542. The lowest BCUT2D eigenvalue weighted by Gasteiger charge is -2.15. The fourth-order valence-electron chi connectivity index (χ4n) is 1.78. The average Bonchev–Trinajstić information content (AvgIpc) is 2.49. The first-order valence-electron chi connectivity index (χ1n) is 6.86. The van der Waals surface area contributed by atoms with Crippen LogP contribution < -0.4 is 14.8 Å². The second-order valence-electron chi connectivity index (χ2n) is 4.54.